The van der Waals surface area contributed by atoms with E-state index in [1.54, 1.807) is 7.11 Å². The van der Waals surface area contributed by atoms with Crippen molar-refractivity contribution >= 4 is 26.5 Å². The number of nitrogens with zero attached hydrogens (tertiary/aromatic N) is 4. The number of carbonyl (C=O) groups is 1. The third-order valence-electron chi connectivity index (χ3n) is 11.1. The lowest BCUT2D eigenvalue weighted by Crippen LogP contribution is -2.79. The summed E-state index contributed by atoms with van der Waals surface area (Å²) in [5.41, 5.74) is 0. The van der Waals surface area contributed by atoms with E-state index >= 15 is 0 Å². The van der Waals surface area contributed by atoms with Crippen molar-refractivity contribution in [3.05, 3.63) is 0 Å². The molecule has 1 saturated heterocycles. The lowest BCUT2D eigenvalue weighted by Gasteiger charge is -2.45. The SMILES string of the molecule is COC1CC(N=NC2CCCC(S(=O)(=O)[O-])C2)CCC1NC1NC(NCCO)NC(NC2CCC(N=NC3CCCC(S(=O)(=O)[O-])C3)CC2C=O)N1. The molecule has 1 heterocycles. The Morgan fingerprint density at radius 2 is 1.17 bits per heavy atom. The minimum atomic E-state index is -4.35. The number of rotatable bonds is 15. The maximum absolute atomic E-state index is 12.3. The van der Waals surface area contributed by atoms with Crippen molar-refractivity contribution in [3.63, 3.8) is 0 Å². The Bertz CT molecular complexity index is 1430. The third-order valence-corrected chi connectivity index (χ3v) is 13.6. The molecule has 0 spiro atoms. The summed E-state index contributed by atoms with van der Waals surface area (Å²) in [6.45, 7) is 0.293. The average Bonchev–Trinajstić information content (AvgIpc) is 3.12. The first kappa shape index (κ1) is 41.5. The average molecular weight is 777 g/mol. The molecule has 13 atom stereocenters. The third kappa shape index (κ3) is 12.2. The second-order valence-corrected chi connectivity index (χ2v) is 18.2. The molecule has 4 aliphatic carbocycles. The van der Waals surface area contributed by atoms with Gasteiger partial charge in [0.05, 0.1) is 67.6 Å². The maximum atomic E-state index is 12.3. The van der Waals surface area contributed by atoms with E-state index in [0.717, 1.165) is 25.5 Å². The van der Waals surface area contributed by atoms with Crippen LogP contribution in [0.3, 0.4) is 0 Å². The number of aliphatic hydroxyl groups is 1. The number of aliphatic hydroxyl groups excluding tert-OH is 1. The minimum absolute atomic E-state index is 0.0416. The van der Waals surface area contributed by atoms with E-state index in [4.69, 9.17) is 4.74 Å². The molecule has 13 unspecified atom stereocenters. The maximum Gasteiger partial charge on any atom is 0.124 e. The molecular formula is C31H56N10O9S2-2. The highest BCUT2D eigenvalue weighted by molar-refractivity contribution is 7.86. The van der Waals surface area contributed by atoms with Crippen LogP contribution in [0, 0.1) is 5.92 Å². The van der Waals surface area contributed by atoms with Gasteiger partial charge in [-0.15, -0.1) is 0 Å². The van der Waals surface area contributed by atoms with E-state index < -0.39 is 37.0 Å². The zero-order chi connectivity index (χ0) is 37.3. The van der Waals surface area contributed by atoms with Gasteiger partial charge in [-0.3, -0.25) is 31.9 Å². The van der Waals surface area contributed by atoms with Crippen LogP contribution in [-0.4, -0.2) is 129 Å². The smallest absolute Gasteiger partial charge is 0.124 e. The Balaban J connectivity index is 1.13. The van der Waals surface area contributed by atoms with Crippen molar-refractivity contribution in [1.82, 2.24) is 31.9 Å². The number of azo groups is 2. The van der Waals surface area contributed by atoms with Crippen molar-refractivity contribution in [2.45, 2.75) is 162 Å². The Hall–Kier alpha value is -1.63. The lowest BCUT2D eigenvalue weighted by atomic mass is 9.82. The molecular weight excluding hydrogens is 721 g/mol. The van der Waals surface area contributed by atoms with E-state index in [0.29, 0.717) is 64.3 Å². The molecule has 5 fully saturated rings. The van der Waals surface area contributed by atoms with Crippen LogP contribution < -0.4 is 31.9 Å². The van der Waals surface area contributed by atoms with Gasteiger partial charge in [-0.25, -0.2) is 16.8 Å². The normalized spacial score (nSPS) is 39.9. The van der Waals surface area contributed by atoms with E-state index in [2.05, 4.69) is 52.4 Å². The summed E-state index contributed by atoms with van der Waals surface area (Å²) >= 11 is 0. The number of aldehydes is 1. The van der Waals surface area contributed by atoms with Crippen LogP contribution in [0.15, 0.2) is 20.5 Å². The fourth-order valence-electron chi connectivity index (χ4n) is 8.25. The summed E-state index contributed by atoms with van der Waals surface area (Å²) in [5.74, 6) is -0.334. The highest BCUT2D eigenvalue weighted by Crippen LogP contribution is 2.31. The van der Waals surface area contributed by atoms with Crippen molar-refractivity contribution in [2.24, 2.45) is 26.4 Å². The molecule has 1 aliphatic heterocycles. The van der Waals surface area contributed by atoms with Crippen LogP contribution >= 0.6 is 0 Å². The summed E-state index contributed by atoms with van der Waals surface area (Å²) in [4.78, 5) is 12.3. The van der Waals surface area contributed by atoms with Crippen molar-refractivity contribution < 1.29 is 40.6 Å². The summed E-state index contributed by atoms with van der Waals surface area (Å²) < 4.78 is 75.0. The van der Waals surface area contributed by atoms with Gasteiger partial charge < -0.3 is 23.7 Å². The molecule has 7 N–H and O–H groups in total. The van der Waals surface area contributed by atoms with Crippen LogP contribution in [0.4, 0.5) is 0 Å². The van der Waals surface area contributed by atoms with Gasteiger partial charge in [0.2, 0.25) is 0 Å². The summed E-state index contributed by atoms with van der Waals surface area (Å²) in [6.07, 6.45) is 7.33. The largest absolute Gasteiger partial charge is 0.748 e. The first-order chi connectivity index (χ1) is 24.8. The van der Waals surface area contributed by atoms with E-state index in [1.807, 2.05) is 0 Å². The molecule has 0 bridgehead atoms. The van der Waals surface area contributed by atoms with E-state index in [-0.39, 0.29) is 80.3 Å². The van der Waals surface area contributed by atoms with Gasteiger partial charge in [0.25, 0.3) is 0 Å². The zero-order valence-electron chi connectivity index (χ0n) is 29.7. The van der Waals surface area contributed by atoms with Gasteiger partial charge in [-0.1, -0.05) is 12.8 Å². The van der Waals surface area contributed by atoms with Gasteiger partial charge in [-0.05, 0) is 77.0 Å². The number of nitrogens with one attached hydrogen (secondary N) is 6. The van der Waals surface area contributed by atoms with Gasteiger partial charge in [0.1, 0.15) is 25.2 Å². The highest BCUT2D eigenvalue weighted by atomic mass is 32.2. The quantitative estimate of drug-likeness (QED) is 0.0637. The van der Waals surface area contributed by atoms with E-state index in [1.165, 1.54) is 0 Å². The summed E-state index contributed by atoms with van der Waals surface area (Å²) in [5, 5.41) is 46.2. The van der Waals surface area contributed by atoms with Gasteiger partial charge in [0, 0.05) is 31.7 Å². The first-order valence-corrected chi connectivity index (χ1v) is 21.6. The van der Waals surface area contributed by atoms with Crippen molar-refractivity contribution in [1.29, 1.82) is 0 Å². The molecule has 19 nitrogen and oxygen atoms in total. The summed E-state index contributed by atoms with van der Waals surface area (Å²) in [7, 11) is -7.04. The standard InChI is InChI=1S/C31H58N10O9S2/c1-50-28-17-23(41-39-21-5-3-7-25(16-21)52(47,48)49)9-11-27(28)34-31-36-29(32-12-13-42)35-30(37-31)33-26-10-8-22(14-19(26)18-43)40-38-20-4-2-6-24(15-20)51(44,45)46/h18-37,42H,2-17H2,1H3,(H,44,45,46)(H,47,48,49)/p-2. The molecule has 5 rings (SSSR count). The second-order valence-electron chi connectivity index (χ2n) is 14.9. The fourth-order valence-corrected chi connectivity index (χ4v) is 10.1. The van der Waals surface area contributed by atoms with Crippen LogP contribution in [-0.2, 0) is 29.8 Å². The molecule has 0 aromatic rings. The molecule has 21 heteroatoms. The Morgan fingerprint density at radius 3 is 1.67 bits per heavy atom. The molecule has 0 aromatic carbocycles. The van der Waals surface area contributed by atoms with Crippen molar-refractivity contribution in [2.75, 3.05) is 20.3 Å². The number of hydrogen-bond donors (Lipinski definition) is 7. The molecule has 0 aromatic heterocycles. The second kappa shape index (κ2) is 19.3. The molecule has 4 saturated carbocycles. The van der Waals surface area contributed by atoms with Gasteiger partial charge >= 0.3 is 0 Å². The first-order valence-electron chi connectivity index (χ1n) is 18.7. The fraction of sp³-hybridized carbons (Fsp3) is 0.968. The van der Waals surface area contributed by atoms with Gasteiger partial charge in [0.15, 0.2) is 0 Å². The zero-order valence-corrected chi connectivity index (χ0v) is 31.3. The lowest BCUT2D eigenvalue weighted by molar-refractivity contribution is -0.113. The topological polar surface area (TPSA) is 283 Å². The monoisotopic (exact) mass is 776 g/mol. The minimum Gasteiger partial charge on any atom is -0.748 e. The van der Waals surface area contributed by atoms with Crippen LogP contribution in [0.2, 0.25) is 0 Å². The molecule has 5 aliphatic rings. The van der Waals surface area contributed by atoms with Crippen LogP contribution in [0.25, 0.3) is 0 Å². The Kier molecular flexibility index (Phi) is 15.4. The predicted molar refractivity (Wildman–Crippen MR) is 187 cm³/mol. The highest BCUT2D eigenvalue weighted by Gasteiger charge is 2.38. The predicted octanol–water partition coefficient (Wildman–Crippen LogP) is -0.330. The van der Waals surface area contributed by atoms with Crippen LogP contribution in [0.5, 0.6) is 0 Å². The number of ether oxygens (including phenoxy) is 1. The number of methoxy groups -OCH3 is 1. The van der Waals surface area contributed by atoms with Gasteiger partial charge in [-0.2, -0.15) is 20.5 Å². The van der Waals surface area contributed by atoms with E-state index in [9.17, 15) is 35.8 Å². The molecule has 52 heavy (non-hydrogen) atoms. The number of hydrogen-bond acceptors (Lipinski definition) is 19. The molecule has 298 valence electrons. The van der Waals surface area contributed by atoms with Crippen molar-refractivity contribution in [3.8, 4) is 0 Å². The van der Waals surface area contributed by atoms with Crippen LogP contribution in [0.1, 0.15) is 89.9 Å². The molecule has 0 radical (unpaired) electrons. The Labute approximate surface area is 306 Å². The Morgan fingerprint density at radius 1 is 0.692 bits per heavy atom. The molecule has 0 amide bonds. The number of carbonyl (C=O) groups excluding carboxylic acids is 1. The summed E-state index contributed by atoms with van der Waals surface area (Å²) in [6, 6.07) is -1.02.